The molecule has 0 spiro atoms. The molecule has 1 aliphatic heterocycles. The Morgan fingerprint density at radius 1 is 1.52 bits per heavy atom. The molecule has 118 valence electrons. The van der Waals surface area contributed by atoms with Gasteiger partial charge in [0.05, 0.1) is 0 Å². The molecule has 1 heterocycles. The molecule has 1 fully saturated rings. The second kappa shape index (κ2) is 8.99. The van der Waals surface area contributed by atoms with Crippen LogP contribution in [0.15, 0.2) is 22.7 Å². The summed E-state index contributed by atoms with van der Waals surface area (Å²) < 4.78 is 1.00. The highest BCUT2D eigenvalue weighted by atomic mass is 79.9. The van der Waals surface area contributed by atoms with E-state index in [-0.39, 0.29) is 18.3 Å². The summed E-state index contributed by atoms with van der Waals surface area (Å²) in [5.41, 5.74) is 1.08. The number of benzene rings is 1. The summed E-state index contributed by atoms with van der Waals surface area (Å²) in [5.74, 6) is 0.121. The molecule has 1 aromatic carbocycles. The number of nitrogens with one attached hydrogen (secondary N) is 2. The summed E-state index contributed by atoms with van der Waals surface area (Å²) in [5, 5.41) is 7.22. The highest BCUT2D eigenvalue weighted by molar-refractivity contribution is 9.10. The number of aryl methyl sites for hydroxylation is 1. The molecule has 21 heavy (non-hydrogen) atoms. The lowest BCUT2D eigenvalue weighted by atomic mass is 10.0. The summed E-state index contributed by atoms with van der Waals surface area (Å²) in [4.78, 5) is 12.0. The molecule has 1 saturated heterocycles. The van der Waals surface area contributed by atoms with Crippen molar-refractivity contribution in [3.05, 3.63) is 33.3 Å². The zero-order valence-electron chi connectivity index (χ0n) is 12.0. The van der Waals surface area contributed by atoms with Gasteiger partial charge in [0.15, 0.2) is 0 Å². The van der Waals surface area contributed by atoms with Crippen LogP contribution in [0.4, 0.5) is 0 Å². The van der Waals surface area contributed by atoms with Crippen LogP contribution in [0.25, 0.3) is 0 Å². The zero-order chi connectivity index (χ0) is 14.5. The van der Waals surface area contributed by atoms with Gasteiger partial charge >= 0.3 is 0 Å². The normalized spacial score (nSPS) is 21.5. The van der Waals surface area contributed by atoms with Gasteiger partial charge in [-0.2, -0.15) is 0 Å². The van der Waals surface area contributed by atoms with Crippen molar-refractivity contribution < 1.29 is 4.79 Å². The number of carbonyl (C=O) groups excluding carboxylic acids is 1. The first-order valence-electron chi connectivity index (χ1n) is 7.01. The van der Waals surface area contributed by atoms with Gasteiger partial charge in [0.25, 0.3) is 0 Å². The first kappa shape index (κ1) is 18.8. The third-order valence-electron chi connectivity index (χ3n) is 3.62. The molecule has 1 amide bonds. The van der Waals surface area contributed by atoms with Gasteiger partial charge in [-0.15, -0.1) is 12.4 Å². The minimum absolute atomic E-state index is 0. The lowest BCUT2D eigenvalue weighted by molar-refractivity contribution is -0.122. The lowest BCUT2D eigenvalue weighted by Gasteiger charge is -2.28. The fourth-order valence-electron chi connectivity index (χ4n) is 2.55. The second-order valence-corrected chi connectivity index (χ2v) is 6.67. The standard InChI is InChI=1S/C15H20BrClN2O.ClH/c1-10-8-13(6-7-18-10)19-15(20)5-2-11-9-12(17)3-4-14(11)16;/h3-4,9-10,13,18H,2,5-8H2,1H3,(H,19,20);1H. The highest BCUT2D eigenvalue weighted by Gasteiger charge is 2.19. The van der Waals surface area contributed by atoms with Crippen molar-refractivity contribution in [2.75, 3.05) is 6.54 Å². The molecule has 3 nitrogen and oxygen atoms in total. The van der Waals surface area contributed by atoms with Crippen LogP contribution in [0.2, 0.25) is 5.02 Å². The van der Waals surface area contributed by atoms with Crippen molar-refractivity contribution in [1.29, 1.82) is 0 Å². The first-order valence-corrected chi connectivity index (χ1v) is 8.18. The number of piperidine rings is 1. The predicted octanol–water partition coefficient (Wildman–Crippen LogP) is 3.71. The van der Waals surface area contributed by atoms with E-state index in [2.05, 4.69) is 33.5 Å². The molecule has 0 saturated carbocycles. The van der Waals surface area contributed by atoms with Crippen molar-refractivity contribution >= 4 is 45.8 Å². The Bertz CT molecular complexity index is 485. The SMILES string of the molecule is CC1CC(NC(=O)CCc2cc(Cl)ccc2Br)CCN1.Cl. The minimum atomic E-state index is 0. The van der Waals surface area contributed by atoms with E-state index < -0.39 is 0 Å². The van der Waals surface area contributed by atoms with E-state index in [1.807, 2.05) is 18.2 Å². The van der Waals surface area contributed by atoms with Crippen LogP contribution in [-0.4, -0.2) is 24.5 Å². The van der Waals surface area contributed by atoms with E-state index in [0.29, 0.717) is 29.9 Å². The smallest absolute Gasteiger partial charge is 0.220 e. The quantitative estimate of drug-likeness (QED) is 0.815. The molecule has 0 bridgehead atoms. The summed E-state index contributed by atoms with van der Waals surface area (Å²) >= 11 is 9.46. The van der Waals surface area contributed by atoms with Crippen molar-refractivity contribution in [2.45, 2.75) is 44.7 Å². The summed E-state index contributed by atoms with van der Waals surface area (Å²) in [6, 6.07) is 6.46. The van der Waals surface area contributed by atoms with Crippen molar-refractivity contribution in [3.63, 3.8) is 0 Å². The average Bonchev–Trinajstić information content (AvgIpc) is 2.40. The maximum absolute atomic E-state index is 12.0. The highest BCUT2D eigenvalue weighted by Crippen LogP contribution is 2.22. The summed E-state index contributed by atoms with van der Waals surface area (Å²) in [6.07, 6.45) is 3.22. The molecular weight excluding hydrogens is 375 g/mol. The Kier molecular flexibility index (Phi) is 8.03. The number of carbonyl (C=O) groups is 1. The molecule has 2 atom stereocenters. The third kappa shape index (κ3) is 6.15. The van der Waals surface area contributed by atoms with E-state index in [0.717, 1.165) is 29.4 Å². The number of rotatable bonds is 4. The van der Waals surface area contributed by atoms with E-state index in [1.165, 1.54) is 0 Å². The maximum atomic E-state index is 12.0. The monoisotopic (exact) mass is 394 g/mol. The van der Waals surface area contributed by atoms with Crippen molar-refractivity contribution in [3.8, 4) is 0 Å². The maximum Gasteiger partial charge on any atom is 0.220 e. The first-order chi connectivity index (χ1) is 9.54. The van der Waals surface area contributed by atoms with Gasteiger partial charge < -0.3 is 10.6 Å². The summed E-state index contributed by atoms with van der Waals surface area (Å²) in [6.45, 7) is 3.13. The Labute approximate surface area is 145 Å². The van der Waals surface area contributed by atoms with Gasteiger partial charge in [-0.3, -0.25) is 4.79 Å². The Morgan fingerprint density at radius 2 is 2.29 bits per heavy atom. The van der Waals surface area contributed by atoms with Crippen LogP contribution in [0.5, 0.6) is 0 Å². The number of hydrogen-bond acceptors (Lipinski definition) is 2. The van der Waals surface area contributed by atoms with Crippen LogP contribution >= 0.6 is 39.9 Å². The number of hydrogen-bond donors (Lipinski definition) is 2. The van der Waals surface area contributed by atoms with E-state index in [9.17, 15) is 4.79 Å². The molecule has 2 rings (SSSR count). The summed E-state index contributed by atoms with van der Waals surface area (Å²) in [7, 11) is 0. The van der Waals surface area contributed by atoms with Gasteiger partial charge in [-0.1, -0.05) is 27.5 Å². The van der Waals surface area contributed by atoms with Crippen molar-refractivity contribution in [1.82, 2.24) is 10.6 Å². The molecular formula is C15H21BrCl2N2O. The van der Waals surface area contributed by atoms with E-state index in [4.69, 9.17) is 11.6 Å². The number of halogens is 3. The van der Waals surface area contributed by atoms with Crippen LogP contribution in [0.3, 0.4) is 0 Å². The largest absolute Gasteiger partial charge is 0.353 e. The molecule has 0 aliphatic carbocycles. The molecule has 6 heteroatoms. The van der Waals surface area contributed by atoms with Crippen LogP contribution < -0.4 is 10.6 Å². The fraction of sp³-hybridized carbons (Fsp3) is 0.533. The Morgan fingerprint density at radius 3 is 3.00 bits per heavy atom. The second-order valence-electron chi connectivity index (χ2n) is 5.38. The van der Waals surface area contributed by atoms with Crippen LogP contribution in [-0.2, 0) is 11.2 Å². The molecule has 0 radical (unpaired) electrons. The lowest BCUT2D eigenvalue weighted by Crippen LogP contribution is -2.46. The van der Waals surface area contributed by atoms with Crippen LogP contribution in [0, 0.1) is 0 Å². The Hall–Kier alpha value is -0.290. The zero-order valence-corrected chi connectivity index (χ0v) is 15.2. The third-order valence-corrected chi connectivity index (χ3v) is 4.63. The molecule has 2 N–H and O–H groups in total. The van der Waals surface area contributed by atoms with Crippen LogP contribution in [0.1, 0.15) is 31.7 Å². The molecule has 2 unspecified atom stereocenters. The van der Waals surface area contributed by atoms with Gasteiger partial charge in [-0.25, -0.2) is 0 Å². The molecule has 1 aliphatic rings. The van der Waals surface area contributed by atoms with Gasteiger partial charge in [0.2, 0.25) is 5.91 Å². The van der Waals surface area contributed by atoms with E-state index in [1.54, 1.807) is 0 Å². The minimum Gasteiger partial charge on any atom is -0.353 e. The molecule has 1 aromatic rings. The average molecular weight is 396 g/mol. The topological polar surface area (TPSA) is 41.1 Å². The fourth-order valence-corrected chi connectivity index (χ4v) is 3.19. The van der Waals surface area contributed by atoms with Gasteiger partial charge in [0, 0.05) is 28.0 Å². The Balaban J connectivity index is 0.00000220. The van der Waals surface area contributed by atoms with Gasteiger partial charge in [0.1, 0.15) is 0 Å². The van der Waals surface area contributed by atoms with Crippen molar-refractivity contribution in [2.24, 2.45) is 0 Å². The van der Waals surface area contributed by atoms with Gasteiger partial charge in [-0.05, 0) is 56.5 Å². The number of amides is 1. The molecule has 0 aromatic heterocycles. The van der Waals surface area contributed by atoms with E-state index >= 15 is 0 Å². The predicted molar refractivity (Wildman–Crippen MR) is 93.4 cm³/mol.